The Balaban J connectivity index is 1.95. The number of benzene rings is 1. The zero-order valence-corrected chi connectivity index (χ0v) is 12.5. The molecule has 5 nitrogen and oxygen atoms in total. The summed E-state index contributed by atoms with van der Waals surface area (Å²) in [6, 6.07) is 7.51. The first-order chi connectivity index (χ1) is 9.91. The molecule has 110 valence electrons. The molecule has 2 amide bonds. The standard InChI is InChI=1S/C16H19N3O2/c1-16(2)15(21)18(3)8-9-19(16)14(20)12-4-5-13-11(10-12)6-7-17-13/h4-7,10,17H,8-9H2,1-3H3. The highest BCUT2D eigenvalue weighted by Crippen LogP contribution is 2.25. The van der Waals surface area contributed by atoms with Gasteiger partial charge in [-0.05, 0) is 38.1 Å². The van der Waals surface area contributed by atoms with Crippen molar-refractivity contribution in [3.63, 3.8) is 0 Å². The van der Waals surface area contributed by atoms with Crippen LogP contribution in [-0.4, -0.2) is 52.3 Å². The van der Waals surface area contributed by atoms with Crippen molar-refractivity contribution in [3.8, 4) is 0 Å². The number of hydrogen-bond acceptors (Lipinski definition) is 2. The van der Waals surface area contributed by atoms with Crippen LogP contribution in [0.3, 0.4) is 0 Å². The Morgan fingerprint density at radius 2 is 2.00 bits per heavy atom. The number of aromatic nitrogens is 1. The van der Waals surface area contributed by atoms with Gasteiger partial charge in [0, 0.05) is 42.8 Å². The summed E-state index contributed by atoms with van der Waals surface area (Å²) in [4.78, 5) is 31.5. The van der Waals surface area contributed by atoms with Gasteiger partial charge < -0.3 is 14.8 Å². The fourth-order valence-electron chi connectivity index (χ4n) is 2.91. The van der Waals surface area contributed by atoms with Crippen LogP contribution in [-0.2, 0) is 4.79 Å². The van der Waals surface area contributed by atoms with Crippen LogP contribution in [0.1, 0.15) is 24.2 Å². The maximum atomic E-state index is 12.8. The third-order valence-electron chi connectivity index (χ3n) is 4.25. The molecule has 1 N–H and O–H groups in total. The van der Waals surface area contributed by atoms with Gasteiger partial charge >= 0.3 is 0 Å². The molecule has 1 fully saturated rings. The highest BCUT2D eigenvalue weighted by molar-refractivity contribution is 6.01. The molecule has 5 heteroatoms. The predicted molar refractivity (Wildman–Crippen MR) is 81.1 cm³/mol. The average molecular weight is 285 g/mol. The van der Waals surface area contributed by atoms with Gasteiger partial charge in [-0.15, -0.1) is 0 Å². The normalized spacial score (nSPS) is 18.3. The first-order valence-electron chi connectivity index (χ1n) is 7.06. The smallest absolute Gasteiger partial charge is 0.254 e. The lowest BCUT2D eigenvalue weighted by Crippen LogP contribution is -2.63. The summed E-state index contributed by atoms with van der Waals surface area (Å²) in [5, 5.41) is 0.999. The minimum Gasteiger partial charge on any atom is -0.361 e. The van der Waals surface area contributed by atoms with Crippen LogP contribution in [0.2, 0.25) is 0 Å². The number of nitrogens with zero attached hydrogens (tertiary/aromatic N) is 2. The average Bonchev–Trinajstić information content (AvgIpc) is 2.91. The van der Waals surface area contributed by atoms with Crippen molar-refractivity contribution in [3.05, 3.63) is 36.0 Å². The molecule has 1 saturated heterocycles. The van der Waals surface area contributed by atoms with Gasteiger partial charge in [0.2, 0.25) is 5.91 Å². The Labute approximate surface area is 123 Å². The lowest BCUT2D eigenvalue weighted by molar-refractivity contribution is -0.144. The molecule has 1 aliphatic rings. The number of likely N-dealkylation sites (N-methyl/N-ethyl adjacent to an activating group) is 1. The van der Waals surface area contributed by atoms with Crippen LogP contribution in [0.25, 0.3) is 10.9 Å². The molecular weight excluding hydrogens is 266 g/mol. The Hall–Kier alpha value is -2.30. The summed E-state index contributed by atoms with van der Waals surface area (Å²) in [6.07, 6.45) is 1.85. The molecule has 1 aliphatic heterocycles. The van der Waals surface area contributed by atoms with Crippen LogP contribution in [0.4, 0.5) is 0 Å². The van der Waals surface area contributed by atoms with E-state index in [2.05, 4.69) is 4.98 Å². The van der Waals surface area contributed by atoms with E-state index in [-0.39, 0.29) is 11.8 Å². The largest absolute Gasteiger partial charge is 0.361 e. The third kappa shape index (κ3) is 2.09. The van der Waals surface area contributed by atoms with E-state index in [9.17, 15) is 9.59 Å². The number of H-pyrrole nitrogens is 1. The molecule has 3 rings (SSSR count). The van der Waals surface area contributed by atoms with Gasteiger partial charge in [-0.25, -0.2) is 0 Å². The summed E-state index contributed by atoms with van der Waals surface area (Å²) >= 11 is 0. The van der Waals surface area contributed by atoms with Crippen molar-refractivity contribution in [2.45, 2.75) is 19.4 Å². The first kappa shape index (κ1) is 13.7. The molecule has 0 saturated carbocycles. The van der Waals surface area contributed by atoms with Gasteiger partial charge in [0.15, 0.2) is 0 Å². The lowest BCUT2D eigenvalue weighted by atomic mass is 9.96. The molecule has 0 atom stereocenters. The molecule has 0 spiro atoms. The van der Waals surface area contributed by atoms with E-state index in [0.29, 0.717) is 18.7 Å². The summed E-state index contributed by atoms with van der Waals surface area (Å²) in [6.45, 7) is 4.73. The van der Waals surface area contributed by atoms with E-state index in [4.69, 9.17) is 0 Å². The van der Waals surface area contributed by atoms with Crippen LogP contribution in [0, 0.1) is 0 Å². The van der Waals surface area contributed by atoms with E-state index >= 15 is 0 Å². The van der Waals surface area contributed by atoms with Crippen LogP contribution in [0.15, 0.2) is 30.5 Å². The van der Waals surface area contributed by atoms with E-state index in [1.165, 1.54) is 0 Å². The SMILES string of the molecule is CN1CCN(C(=O)c2ccc3[nH]ccc3c2)C(C)(C)C1=O. The van der Waals surface area contributed by atoms with Crippen molar-refractivity contribution in [1.29, 1.82) is 0 Å². The van der Waals surface area contributed by atoms with Gasteiger partial charge in [0.1, 0.15) is 5.54 Å². The molecule has 0 radical (unpaired) electrons. The van der Waals surface area contributed by atoms with E-state index in [1.54, 1.807) is 36.8 Å². The molecule has 21 heavy (non-hydrogen) atoms. The number of aromatic amines is 1. The summed E-state index contributed by atoms with van der Waals surface area (Å²) in [7, 11) is 1.78. The summed E-state index contributed by atoms with van der Waals surface area (Å²) < 4.78 is 0. The predicted octanol–water partition coefficient (Wildman–Crippen LogP) is 1.86. The lowest BCUT2D eigenvalue weighted by Gasteiger charge is -2.44. The number of amides is 2. The quantitative estimate of drug-likeness (QED) is 0.869. The Kier molecular flexibility index (Phi) is 3.01. The Morgan fingerprint density at radius 1 is 1.24 bits per heavy atom. The summed E-state index contributed by atoms with van der Waals surface area (Å²) in [5.41, 5.74) is 0.810. The molecule has 1 aromatic heterocycles. The second kappa shape index (κ2) is 4.62. The highest BCUT2D eigenvalue weighted by atomic mass is 16.2. The number of piperazine rings is 1. The molecule has 2 aromatic rings. The zero-order chi connectivity index (χ0) is 15.2. The molecule has 0 aliphatic carbocycles. The summed E-state index contributed by atoms with van der Waals surface area (Å²) in [5.74, 6) is -0.116. The molecule has 0 unspecified atom stereocenters. The second-order valence-corrected chi connectivity index (χ2v) is 6.02. The monoisotopic (exact) mass is 285 g/mol. The number of carbonyl (C=O) groups is 2. The van der Waals surface area contributed by atoms with Gasteiger partial charge in [0.05, 0.1) is 0 Å². The Bertz CT molecular complexity index is 717. The fraction of sp³-hybridized carbons (Fsp3) is 0.375. The van der Waals surface area contributed by atoms with Gasteiger partial charge in [-0.2, -0.15) is 0 Å². The highest BCUT2D eigenvalue weighted by Gasteiger charge is 2.43. The van der Waals surface area contributed by atoms with Crippen molar-refractivity contribution in [1.82, 2.24) is 14.8 Å². The van der Waals surface area contributed by atoms with E-state index in [1.807, 2.05) is 24.4 Å². The van der Waals surface area contributed by atoms with Gasteiger partial charge in [-0.3, -0.25) is 9.59 Å². The maximum absolute atomic E-state index is 12.8. The van der Waals surface area contributed by atoms with E-state index in [0.717, 1.165) is 10.9 Å². The van der Waals surface area contributed by atoms with Crippen molar-refractivity contribution < 1.29 is 9.59 Å². The van der Waals surface area contributed by atoms with Gasteiger partial charge in [0.25, 0.3) is 5.91 Å². The van der Waals surface area contributed by atoms with Gasteiger partial charge in [-0.1, -0.05) is 0 Å². The fourth-order valence-corrected chi connectivity index (χ4v) is 2.91. The number of nitrogens with one attached hydrogen (secondary N) is 1. The maximum Gasteiger partial charge on any atom is 0.254 e. The number of fused-ring (bicyclic) bond motifs is 1. The number of carbonyl (C=O) groups excluding carboxylic acids is 2. The van der Waals surface area contributed by atoms with Crippen molar-refractivity contribution in [2.75, 3.05) is 20.1 Å². The number of hydrogen-bond donors (Lipinski definition) is 1. The molecular formula is C16H19N3O2. The van der Waals surface area contributed by atoms with Crippen LogP contribution in [0.5, 0.6) is 0 Å². The van der Waals surface area contributed by atoms with Crippen molar-refractivity contribution in [2.24, 2.45) is 0 Å². The Morgan fingerprint density at radius 3 is 2.76 bits per heavy atom. The molecule has 1 aromatic carbocycles. The van der Waals surface area contributed by atoms with Crippen molar-refractivity contribution >= 4 is 22.7 Å². The molecule has 0 bridgehead atoms. The minimum absolute atomic E-state index is 0.0233. The zero-order valence-electron chi connectivity index (χ0n) is 12.5. The van der Waals surface area contributed by atoms with E-state index < -0.39 is 5.54 Å². The number of rotatable bonds is 1. The third-order valence-corrected chi connectivity index (χ3v) is 4.25. The first-order valence-corrected chi connectivity index (χ1v) is 7.06. The minimum atomic E-state index is -0.808. The van der Waals surface area contributed by atoms with Crippen LogP contribution >= 0.6 is 0 Å². The topological polar surface area (TPSA) is 56.4 Å². The second-order valence-electron chi connectivity index (χ2n) is 6.02. The molecule has 2 heterocycles. The van der Waals surface area contributed by atoms with Crippen LogP contribution < -0.4 is 0 Å².